The molecule has 2 aromatic rings. The number of alkyl halides is 3. The minimum absolute atomic E-state index is 0.00358. The van der Waals surface area contributed by atoms with E-state index in [1.54, 1.807) is 9.42 Å². The number of amides is 1. The molecule has 0 bridgehead atoms. The molecule has 1 saturated heterocycles. The summed E-state index contributed by atoms with van der Waals surface area (Å²) in [7, 11) is 0. The summed E-state index contributed by atoms with van der Waals surface area (Å²) in [5, 5.41) is 4.71. The molecule has 6 nitrogen and oxygen atoms in total. The second kappa shape index (κ2) is 7.51. The number of fused-ring (bicyclic) bond motifs is 1. The van der Waals surface area contributed by atoms with Gasteiger partial charge in [0.1, 0.15) is 6.10 Å². The normalized spacial score (nSPS) is 27.4. The molecule has 2 fully saturated rings. The Morgan fingerprint density at radius 1 is 1.20 bits per heavy atom. The Labute approximate surface area is 173 Å². The maximum Gasteiger partial charge on any atom is 0.391 e. The van der Waals surface area contributed by atoms with Crippen LogP contribution in [0.4, 0.5) is 13.2 Å². The summed E-state index contributed by atoms with van der Waals surface area (Å²) >= 11 is 0. The van der Waals surface area contributed by atoms with Gasteiger partial charge in [-0.2, -0.15) is 18.3 Å². The Morgan fingerprint density at radius 2 is 1.90 bits per heavy atom. The van der Waals surface area contributed by atoms with E-state index in [1.165, 1.54) is 0 Å². The summed E-state index contributed by atoms with van der Waals surface area (Å²) in [6, 6.07) is 3.77. The van der Waals surface area contributed by atoms with Crippen LogP contribution in [0.2, 0.25) is 0 Å². The van der Waals surface area contributed by atoms with Crippen molar-refractivity contribution in [3.05, 3.63) is 29.2 Å². The highest BCUT2D eigenvalue weighted by molar-refractivity contribution is 5.50. The van der Waals surface area contributed by atoms with Crippen molar-refractivity contribution in [3.63, 3.8) is 0 Å². The van der Waals surface area contributed by atoms with Crippen LogP contribution in [0.15, 0.2) is 12.1 Å². The van der Waals surface area contributed by atoms with Gasteiger partial charge in [0.05, 0.1) is 36.0 Å². The summed E-state index contributed by atoms with van der Waals surface area (Å²) in [6.07, 6.45) is -2.42. The Morgan fingerprint density at radius 3 is 2.53 bits per heavy atom. The standard InChI is InChI=1S/C21H27F3N4O2/c1-13-8-17(18-10-27(12-29)20(2,3)11-30-18)28-19(25-13)9-16(26-28)14-4-6-15(7-5-14)21(22,23)24/h8-9,12,14-15,18H,4-7,10-11H2,1-3H3/t14-,15-,18-/m1/s1. The van der Waals surface area contributed by atoms with E-state index in [4.69, 9.17) is 9.84 Å². The third-order valence-electron chi connectivity index (χ3n) is 6.44. The molecule has 0 radical (unpaired) electrons. The molecule has 1 saturated carbocycles. The second-order valence-corrected chi connectivity index (χ2v) is 9.12. The van der Waals surface area contributed by atoms with Crippen LogP contribution < -0.4 is 0 Å². The smallest absolute Gasteiger partial charge is 0.368 e. The van der Waals surface area contributed by atoms with Gasteiger partial charge in [0.25, 0.3) is 0 Å². The van der Waals surface area contributed by atoms with Crippen LogP contribution in [0.3, 0.4) is 0 Å². The Hall–Kier alpha value is -2.16. The first-order valence-corrected chi connectivity index (χ1v) is 10.4. The molecule has 1 amide bonds. The Bertz CT molecular complexity index is 932. The molecule has 164 valence electrons. The van der Waals surface area contributed by atoms with E-state index in [0.29, 0.717) is 31.6 Å². The van der Waals surface area contributed by atoms with Crippen molar-refractivity contribution in [2.75, 3.05) is 13.2 Å². The Kier molecular flexibility index (Phi) is 5.28. The lowest BCUT2D eigenvalue weighted by Crippen LogP contribution is -2.53. The number of hydrogen-bond acceptors (Lipinski definition) is 4. The van der Waals surface area contributed by atoms with Gasteiger partial charge in [0, 0.05) is 17.7 Å². The lowest BCUT2D eigenvalue weighted by molar-refractivity contribution is -0.182. The molecule has 3 heterocycles. The van der Waals surface area contributed by atoms with Gasteiger partial charge in [0.15, 0.2) is 5.65 Å². The van der Waals surface area contributed by atoms with Gasteiger partial charge in [-0.15, -0.1) is 0 Å². The van der Waals surface area contributed by atoms with E-state index in [9.17, 15) is 18.0 Å². The fourth-order valence-corrected chi connectivity index (χ4v) is 4.52. The molecule has 1 aliphatic heterocycles. The van der Waals surface area contributed by atoms with E-state index in [2.05, 4.69) is 4.98 Å². The highest BCUT2D eigenvalue weighted by Crippen LogP contribution is 2.42. The number of rotatable bonds is 3. The lowest BCUT2D eigenvalue weighted by atomic mass is 9.80. The zero-order chi connectivity index (χ0) is 21.7. The van der Waals surface area contributed by atoms with Crippen molar-refractivity contribution in [1.82, 2.24) is 19.5 Å². The molecule has 0 N–H and O–H groups in total. The van der Waals surface area contributed by atoms with Gasteiger partial charge in [-0.25, -0.2) is 9.50 Å². The van der Waals surface area contributed by atoms with Gasteiger partial charge in [-0.3, -0.25) is 4.79 Å². The predicted octanol–water partition coefficient (Wildman–Crippen LogP) is 4.18. The lowest BCUT2D eigenvalue weighted by Gasteiger charge is -2.43. The van der Waals surface area contributed by atoms with E-state index in [-0.39, 0.29) is 30.4 Å². The number of hydrogen-bond donors (Lipinski definition) is 0. The van der Waals surface area contributed by atoms with Crippen LogP contribution in [-0.2, 0) is 9.53 Å². The zero-order valence-electron chi connectivity index (χ0n) is 17.4. The number of carbonyl (C=O) groups excluding carboxylic acids is 1. The Balaban J connectivity index is 1.61. The van der Waals surface area contributed by atoms with Crippen LogP contribution in [0.25, 0.3) is 5.65 Å². The van der Waals surface area contributed by atoms with Gasteiger partial charge < -0.3 is 9.64 Å². The number of nitrogens with zero attached hydrogens (tertiary/aromatic N) is 4. The number of halogens is 3. The van der Waals surface area contributed by atoms with Gasteiger partial charge in [0.2, 0.25) is 6.41 Å². The largest absolute Gasteiger partial charge is 0.391 e. The molecule has 1 aliphatic carbocycles. The highest BCUT2D eigenvalue weighted by atomic mass is 19.4. The van der Waals surface area contributed by atoms with Crippen molar-refractivity contribution < 1.29 is 22.7 Å². The average Bonchev–Trinajstić information content (AvgIpc) is 3.10. The van der Waals surface area contributed by atoms with Crippen LogP contribution in [-0.4, -0.2) is 50.8 Å². The first-order valence-electron chi connectivity index (χ1n) is 10.4. The van der Waals surface area contributed by atoms with E-state index >= 15 is 0 Å². The topological polar surface area (TPSA) is 59.7 Å². The summed E-state index contributed by atoms with van der Waals surface area (Å²) < 4.78 is 46.7. The monoisotopic (exact) mass is 424 g/mol. The number of morpholine rings is 1. The number of aryl methyl sites for hydroxylation is 1. The van der Waals surface area contributed by atoms with Crippen LogP contribution in [0.1, 0.15) is 68.6 Å². The van der Waals surface area contributed by atoms with Gasteiger partial charge in [-0.1, -0.05) is 0 Å². The predicted molar refractivity (Wildman–Crippen MR) is 104 cm³/mol. The van der Waals surface area contributed by atoms with Crippen LogP contribution in [0, 0.1) is 12.8 Å². The molecule has 30 heavy (non-hydrogen) atoms. The molecule has 2 aliphatic rings. The third-order valence-corrected chi connectivity index (χ3v) is 6.44. The molecule has 1 atom stereocenters. The number of carbonyl (C=O) groups is 1. The summed E-state index contributed by atoms with van der Waals surface area (Å²) in [5.41, 5.74) is 2.65. The quantitative estimate of drug-likeness (QED) is 0.694. The molecule has 0 aromatic carbocycles. The molecule has 4 rings (SSSR count). The van der Waals surface area contributed by atoms with E-state index < -0.39 is 12.1 Å². The van der Waals surface area contributed by atoms with E-state index in [0.717, 1.165) is 23.5 Å². The van der Waals surface area contributed by atoms with Crippen LogP contribution in [0.5, 0.6) is 0 Å². The minimum Gasteiger partial charge on any atom is -0.368 e. The maximum atomic E-state index is 13.0. The zero-order valence-corrected chi connectivity index (χ0v) is 17.4. The summed E-state index contributed by atoms with van der Waals surface area (Å²) in [4.78, 5) is 17.8. The summed E-state index contributed by atoms with van der Waals surface area (Å²) in [5.74, 6) is -1.22. The van der Waals surface area contributed by atoms with Gasteiger partial charge >= 0.3 is 6.18 Å². The summed E-state index contributed by atoms with van der Waals surface area (Å²) in [6.45, 7) is 6.59. The first-order chi connectivity index (χ1) is 14.1. The fourth-order valence-electron chi connectivity index (χ4n) is 4.52. The molecule has 2 aromatic heterocycles. The van der Waals surface area contributed by atoms with Crippen molar-refractivity contribution in [3.8, 4) is 0 Å². The minimum atomic E-state index is -4.12. The second-order valence-electron chi connectivity index (χ2n) is 9.12. The first kappa shape index (κ1) is 21.1. The van der Waals surface area contributed by atoms with Crippen molar-refractivity contribution >= 4 is 12.1 Å². The van der Waals surface area contributed by atoms with Gasteiger partial charge in [-0.05, 0) is 52.5 Å². The average molecular weight is 424 g/mol. The number of aromatic nitrogens is 3. The number of ether oxygens (including phenoxy) is 1. The molecule has 0 unspecified atom stereocenters. The van der Waals surface area contributed by atoms with E-state index in [1.807, 2.05) is 32.9 Å². The highest BCUT2D eigenvalue weighted by Gasteiger charge is 2.42. The fraction of sp³-hybridized carbons (Fsp3) is 0.667. The molecular formula is C21H27F3N4O2. The van der Waals surface area contributed by atoms with Crippen molar-refractivity contribution in [2.24, 2.45) is 5.92 Å². The van der Waals surface area contributed by atoms with Crippen molar-refractivity contribution in [1.29, 1.82) is 0 Å². The molecular weight excluding hydrogens is 397 g/mol. The maximum absolute atomic E-state index is 13.0. The SMILES string of the molecule is Cc1cc([C@H]2CN(C=O)C(C)(C)CO2)n2nc([C@H]3CC[C@H](C(F)(F)F)CC3)cc2n1. The molecule has 9 heteroatoms. The van der Waals surface area contributed by atoms with Crippen LogP contribution >= 0.6 is 0 Å². The third kappa shape index (κ3) is 3.91. The van der Waals surface area contributed by atoms with Crippen molar-refractivity contribution in [2.45, 2.75) is 70.2 Å². The molecule has 0 spiro atoms.